The average molecular weight is 1440 g/mol. The zero-order valence-electron chi connectivity index (χ0n) is 51.1. The summed E-state index contributed by atoms with van der Waals surface area (Å²) in [7, 11) is 0. The maximum Gasteiger partial charge on any atom is 0.416 e. The largest absolute Gasteiger partial charge is 0.507 e. The standard InChI is InChI=1S/C32H23F6N3O2.C24H24F6N2O2.2C7H7.Hf/c1-30(2,3)18-15-23(27(42)26(16-18)41-24-10-6-4-8-21(24)22-9-5-7-11-25(22)41)28-39-29(43-40-28)17-12-19(31(33,34)35)14-20(13-17)32(36,37)38;1-21(2,3)13-10-16(18(33)17(11-13)22(4,5)6)19-31-20(34-32-19)12-7-14(23(25,26)27)9-15(8-12)24(28,29)30;2*1-7-5-3-2-4-6-7;/h4-16,42H,1-3H3;7-11,33H,1-6H3;2*2-6H,1H2;/q;;2*-1;. The number of aromatic nitrogens is 5. The van der Waals surface area contributed by atoms with Crippen molar-refractivity contribution in [3.05, 3.63) is 234 Å². The van der Waals surface area contributed by atoms with Crippen LogP contribution in [0.15, 0.2) is 179 Å². The molecule has 2 N–H and O–H groups in total. The SMILES string of the molecule is CC(C)(C)c1cc(-c2noc(-c3cc(C(F)(F)F)cc(C(F)(F)F)c3)n2)c(O)c(-n2c3ccccc3c3ccccc32)c1.CC(C)(C)c1cc(-c2noc(-c3cc(C(F)(F)F)cc(C(F)(F)F)c3)n2)c(O)c(C(C)(C)C)c1.[CH2-]c1ccccc1.[CH2-]c1ccccc1.[Hf]. The van der Waals surface area contributed by atoms with Crippen LogP contribution in [0.25, 0.3) is 73.2 Å². The molecule has 11 aromatic rings. The van der Waals surface area contributed by atoms with Crippen LogP contribution in [0.3, 0.4) is 0 Å². The van der Waals surface area contributed by atoms with Crippen LogP contribution < -0.4 is 0 Å². The summed E-state index contributed by atoms with van der Waals surface area (Å²) in [4.78, 5) is 8.18. The summed E-state index contributed by atoms with van der Waals surface area (Å²) < 4.78 is 172. The minimum absolute atomic E-state index is 0. The second kappa shape index (κ2) is 26.8. The molecule has 0 fully saturated rings. The number of fused-ring (bicyclic) bond motifs is 3. The summed E-state index contributed by atoms with van der Waals surface area (Å²) >= 11 is 0. The molecule has 480 valence electrons. The number of hydrogen-bond donors (Lipinski definition) is 2. The number of aromatic hydroxyl groups is 2. The van der Waals surface area contributed by atoms with E-state index in [1.165, 1.54) is 0 Å². The van der Waals surface area contributed by atoms with Gasteiger partial charge in [0.05, 0.1) is 50.1 Å². The normalized spacial score (nSPS) is 12.3. The number of halogens is 12. The van der Waals surface area contributed by atoms with E-state index in [0.29, 0.717) is 35.5 Å². The van der Waals surface area contributed by atoms with Gasteiger partial charge in [-0.1, -0.05) is 127 Å². The van der Waals surface area contributed by atoms with Gasteiger partial charge in [-0.3, -0.25) is 0 Å². The molecule has 0 atom stereocenters. The molecule has 9 nitrogen and oxygen atoms in total. The van der Waals surface area contributed by atoms with Gasteiger partial charge < -0.3 is 23.8 Å². The molecule has 0 aliphatic rings. The summed E-state index contributed by atoms with van der Waals surface area (Å²) in [5.41, 5.74) is -1.76. The molecule has 92 heavy (non-hydrogen) atoms. The Bertz CT molecular complexity index is 4200. The second-order valence-corrected chi connectivity index (χ2v) is 24.3. The van der Waals surface area contributed by atoms with E-state index in [4.69, 9.17) is 9.05 Å². The van der Waals surface area contributed by atoms with Crippen molar-refractivity contribution in [3.8, 4) is 62.9 Å². The van der Waals surface area contributed by atoms with E-state index >= 15 is 0 Å². The molecule has 11 rings (SSSR count). The van der Waals surface area contributed by atoms with Crippen molar-refractivity contribution >= 4 is 21.8 Å². The van der Waals surface area contributed by atoms with E-state index in [1.807, 2.05) is 188 Å². The Kier molecular flexibility index (Phi) is 20.6. The molecule has 0 bridgehead atoms. The van der Waals surface area contributed by atoms with Crippen molar-refractivity contribution in [1.29, 1.82) is 0 Å². The van der Waals surface area contributed by atoms with E-state index in [9.17, 15) is 62.9 Å². The first-order chi connectivity index (χ1) is 42.2. The number of phenolic OH excluding ortho intramolecular Hbond substituents is 2. The smallest absolute Gasteiger partial charge is 0.416 e. The Morgan fingerprint density at radius 2 is 0.707 bits per heavy atom. The zero-order chi connectivity index (χ0) is 67.0. The van der Waals surface area contributed by atoms with E-state index in [-0.39, 0.29) is 77.7 Å². The first-order valence-electron chi connectivity index (χ1n) is 28.0. The molecule has 0 unspecified atom stereocenters. The molecular formula is C70H61F12HfN5O4-2. The summed E-state index contributed by atoms with van der Waals surface area (Å²) in [6.45, 7) is 24.9. The molecule has 0 amide bonds. The van der Waals surface area contributed by atoms with Crippen molar-refractivity contribution in [2.45, 2.75) is 103 Å². The molecule has 22 heteroatoms. The Hall–Kier alpha value is -8.79. The van der Waals surface area contributed by atoms with E-state index < -0.39 is 80.7 Å². The summed E-state index contributed by atoms with van der Waals surface area (Å²) in [6, 6.07) is 44.1. The molecule has 3 heterocycles. The zero-order valence-corrected chi connectivity index (χ0v) is 54.7. The fourth-order valence-electron chi connectivity index (χ4n) is 9.40. The number of phenols is 2. The fraction of sp³-hybridized carbons (Fsp3) is 0.229. The van der Waals surface area contributed by atoms with Crippen LogP contribution in [0, 0.1) is 13.8 Å². The topological polar surface area (TPSA) is 123 Å². The van der Waals surface area contributed by atoms with Gasteiger partial charge >= 0.3 is 24.7 Å². The van der Waals surface area contributed by atoms with E-state index in [1.54, 1.807) is 12.1 Å². The number of hydrogen-bond acceptors (Lipinski definition) is 8. The van der Waals surface area contributed by atoms with Gasteiger partial charge in [-0.2, -0.15) is 112 Å². The van der Waals surface area contributed by atoms with Crippen LogP contribution >= 0.6 is 0 Å². The Morgan fingerprint density at radius 1 is 0.380 bits per heavy atom. The quantitative estimate of drug-likeness (QED) is 0.0992. The third-order valence-electron chi connectivity index (χ3n) is 14.2. The predicted molar refractivity (Wildman–Crippen MR) is 326 cm³/mol. The van der Waals surface area contributed by atoms with Crippen LogP contribution in [-0.2, 0) is 66.8 Å². The first kappa shape index (κ1) is 70.7. The van der Waals surface area contributed by atoms with Crippen LogP contribution in [0.4, 0.5) is 52.7 Å². The fourth-order valence-corrected chi connectivity index (χ4v) is 9.40. The van der Waals surface area contributed by atoms with Crippen molar-refractivity contribution < 1.29 is 97.8 Å². The van der Waals surface area contributed by atoms with Crippen molar-refractivity contribution in [1.82, 2.24) is 24.8 Å². The number of para-hydroxylation sites is 2. The minimum Gasteiger partial charge on any atom is -0.507 e. The summed E-state index contributed by atoms with van der Waals surface area (Å²) in [5.74, 6) is -1.85. The average Bonchev–Trinajstić information content (AvgIpc) is 1.55. The molecule has 8 aromatic carbocycles. The monoisotopic (exact) mass is 1440 g/mol. The molecule has 0 saturated carbocycles. The van der Waals surface area contributed by atoms with Crippen molar-refractivity contribution in [2.75, 3.05) is 0 Å². The Morgan fingerprint density at radius 3 is 1.02 bits per heavy atom. The summed E-state index contributed by atoms with van der Waals surface area (Å²) in [6.07, 6.45) is -20.1. The molecule has 0 aliphatic carbocycles. The van der Waals surface area contributed by atoms with Crippen LogP contribution in [-0.4, -0.2) is 35.1 Å². The molecule has 3 aromatic heterocycles. The van der Waals surface area contributed by atoms with Gasteiger partial charge in [-0.15, -0.1) is 24.3 Å². The predicted octanol–water partition coefficient (Wildman–Crippen LogP) is 21.0. The number of rotatable bonds is 5. The third kappa shape index (κ3) is 16.6. The van der Waals surface area contributed by atoms with Gasteiger partial charge in [-0.05, 0) is 94.1 Å². The molecule has 0 spiro atoms. The summed E-state index contributed by atoms with van der Waals surface area (Å²) in [5, 5.41) is 32.1. The van der Waals surface area contributed by atoms with Crippen LogP contribution in [0.2, 0.25) is 0 Å². The van der Waals surface area contributed by atoms with Gasteiger partial charge in [0.1, 0.15) is 5.75 Å². The maximum atomic E-state index is 13.5. The number of nitrogens with zero attached hydrogens (tertiary/aromatic N) is 5. The van der Waals surface area contributed by atoms with Gasteiger partial charge in [0.2, 0.25) is 11.6 Å². The Labute approximate surface area is 541 Å². The Balaban J connectivity index is 0.000000216. The van der Waals surface area contributed by atoms with Gasteiger partial charge in [0.15, 0.2) is 5.75 Å². The first-order valence-corrected chi connectivity index (χ1v) is 28.0. The van der Waals surface area contributed by atoms with Crippen molar-refractivity contribution in [2.24, 2.45) is 0 Å². The molecule has 0 aliphatic heterocycles. The molecule has 0 saturated heterocycles. The molecular weight excluding hydrogens is 1380 g/mol. The van der Waals surface area contributed by atoms with Crippen LogP contribution in [0.5, 0.6) is 11.5 Å². The van der Waals surface area contributed by atoms with Gasteiger partial charge in [0, 0.05) is 53.3 Å². The van der Waals surface area contributed by atoms with Crippen molar-refractivity contribution in [3.63, 3.8) is 0 Å². The third-order valence-corrected chi connectivity index (χ3v) is 14.2. The number of alkyl halides is 12. The van der Waals surface area contributed by atoms with Crippen LogP contribution in [0.1, 0.15) is 112 Å². The minimum atomic E-state index is -5.05. The maximum absolute atomic E-state index is 13.5. The van der Waals surface area contributed by atoms with Gasteiger partial charge in [-0.25, -0.2) is 0 Å². The van der Waals surface area contributed by atoms with E-state index in [2.05, 4.69) is 34.1 Å². The van der Waals surface area contributed by atoms with E-state index in [0.717, 1.165) is 44.1 Å². The number of benzene rings is 8. The van der Waals surface area contributed by atoms with Gasteiger partial charge in [0.25, 0.3) is 11.8 Å². The second-order valence-electron chi connectivity index (χ2n) is 24.3. The molecule has 0 radical (unpaired) electrons.